The number of hydrogen-bond acceptors (Lipinski definition) is 4. The third-order valence-electron chi connectivity index (χ3n) is 2.90. The summed E-state index contributed by atoms with van der Waals surface area (Å²) in [6.45, 7) is 0. The van der Waals surface area contributed by atoms with Crippen LogP contribution < -0.4 is 0 Å². The molecule has 0 saturated heterocycles. The molecular formula is C15H9F2N3O2S. The molecule has 2 aromatic heterocycles. The van der Waals surface area contributed by atoms with E-state index in [1.165, 1.54) is 53.3 Å². The Labute approximate surface area is 133 Å². The minimum atomic E-state index is -1.23. The van der Waals surface area contributed by atoms with Crippen molar-refractivity contribution in [3.63, 3.8) is 0 Å². The van der Waals surface area contributed by atoms with E-state index in [9.17, 15) is 13.6 Å². The minimum absolute atomic E-state index is 0.0320. The molecule has 116 valence electrons. The number of halogens is 2. The van der Waals surface area contributed by atoms with Gasteiger partial charge in [-0.1, -0.05) is 11.8 Å². The number of rotatable bonds is 4. The number of carboxylic acids is 1. The molecule has 8 heteroatoms. The lowest BCUT2D eigenvalue weighted by molar-refractivity contribution is 0.0690. The first-order valence-corrected chi connectivity index (χ1v) is 7.24. The molecule has 0 unspecified atom stereocenters. The maximum atomic E-state index is 13.9. The van der Waals surface area contributed by atoms with Gasteiger partial charge in [0.15, 0.2) is 5.69 Å². The van der Waals surface area contributed by atoms with Gasteiger partial charge >= 0.3 is 5.97 Å². The van der Waals surface area contributed by atoms with Gasteiger partial charge in [0.25, 0.3) is 0 Å². The highest BCUT2D eigenvalue weighted by molar-refractivity contribution is 7.99. The number of benzene rings is 1. The number of carboxylic acid groups (broad SMARTS) is 1. The topological polar surface area (TPSA) is 68.0 Å². The standard InChI is InChI=1S/C15H9F2N3O2S/c16-9-3-5-10(6-4-9)23-13-8-11(15(21)22)19-20(13)12-2-1-7-18-14(12)17/h1-8H,(H,21,22). The molecule has 2 heterocycles. The lowest BCUT2D eigenvalue weighted by Gasteiger charge is -2.07. The number of carbonyl (C=O) groups is 1. The van der Waals surface area contributed by atoms with Crippen molar-refractivity contribution in [3.05, 3.63) is 66.1 Å². The monoisotopic (exact) mass is 333 g/mol. The fourth-order valence-corrected chi connectivity index (χ4v) is 2.78. The van der Waals surface area contributed by atoms with E-state index in [4.69, 9.17) is 5.11 Å². The van der Waals surface area contributed by atoms with Crippen LogP contribution in [-0.4, -0.2) is 25.8 Å². The van der Waals surface area contributed by atoms with E-state index >= 15 is 0 Å². The van der Waals surface area contributed by atoms with Gasteiger partial charge in [0, 0.05) is 17.2 Å². The summed E-state index contributed by atoms with van der Waals surface area (Å²) in [7, 11) is 0. The molecule has 0 bridgehead atoms. The maximum absolute atomic E-state index is 13.9. The summed E-state index contributed by atoms with van der Waals surface area (Å²) in [6.07, 6.45) is 1.28. The number of pyridine rings is 1. The van der Waals surface area contributed by atoms with E-state index in [0.29, 0.717) is 9.92 Å². The van der Waals surface area contributed by atoms with Crippen LogP contribution in [0.5, 0.6) is 0 Å². The summed E-state index contributed by atoms with van der Waals surface area (Å²) >= 11 is 1.14. The number of nitrogens with zero attached hydrogens (tertiary/aromatic N) is 3. The molecule has 3 rings (SSSR count). The third-order valence-corrected chi connectivity index (χ3v) is 3.91. The Kier molecular flexibility index (Phi) is 4.07. The molecule has 0 aliphatic rings. The van der Waals surface area contributed by atoms with E-state index in [-0.39, 0.29) is 17.2 Å². The molecule has 23 heavy (non-hydrogen) atoms. The Morgan fingerprint density at radius 3 is 2.57 bits per heavy atom. The van der Waals surface area contributed by atoms with Crippen molar-refractivity contribution in [2.75, 3.05) is 0 Å². The zero-order valence-corrected chi connectivity index (χ0v) is 12.3. The van der Waals surface area contributed by atoms with Gasteiger partial charge in [-0.15, -0.1) is 0 Å². The zero-order valence-electron chi connectivity index (χ0n) is 11.5. The first kappa shape index (κ1) is 15.2. The molecule has 1 N–H and O–H groups in total. The van der Waals surface area contributed by atoms with Crippen LogP contribution in [0.25, 0.3) is 5.69 Å². The van der Waals surface area contributed by atoms with Crippen molar-refractivity contribution >= 4 is 17.7 Å². The van der Waals surface area contributed by atoms with Crippen LogP contribution in [0.2, 0.25) is 0 Å². The van der Waals surface area contributed by atoms with E-state index in [1.807, 2.05) is 0 Å². The van der Waals surface area contributed by atoms with Crippen LogP contribution in [0.1, 0.15) is 10.5 Å². The number of aromatic carboxylic acids is 1. The maximum Gasteiger partial charge on any atom is 0.356 e. The fourth-order valence-electron chi connectivity index (χ4n) is 1.87. The summed E-state index contributed by atoms with van der Waals surface area (Å²) < 4.78 is 28.0. The van der Waals surface area contributed by atoms with Crippen LogP contribution in [0.4, 0.5) is 8.78 Å². The van der Waals surface area contributed by atoms with E-state index in [1.54, 1.807) is 0 Å². The smallest absolute Gasteiger partial charge is 0.356 e. The Morgan fingerprint density at radius 2 is 1.91 bits per heavy atom. The van der Waals surface area contributed by atoms with Crippen molar-refractivity contribution in [2.24, 2.45) is 0 Å². The second-order valence-electron chi connectivity index (χ2n) is 4.45. The van der Waals surface area contributed by atoms with E-state index < -0.39 is 11.9 Å². The SMILES string of the molecule is O=C(O)c1cc(Sc2ccc(F)cc2)n(-c2cccnc2F)n1. The third kappa shape index (κ3) is 3.21. The van der Waals surface area contributed by atoms with Gasteiger partial charge in [-0.25, -0.2) is 18.9 Å². The van der Waals surface area contributed by atoms with E-state index in [2.05, 4.69) is 10.1 Å². The van der Waals surface area contributed by atoms with Crippen molar-refractivity contribution in [2.45, 2.75) is 9.92 Å². The highest BCUT2D eigenvalue weighted by atomic mass is 32.2. The van der Waals surface area contributed by atoms with Crippen molar-refractivity contribution in [1.29, 1.82) is 0 Å². The average Bonchev–Trinajstić information content (AvgIpc) is 2.94. The lowest BCUT2D eigenvalue weighted by Crippen LogP contribution is -2.04. The van der Waals surface area contributed by atoms with Gasteiger partial charge in [0.05, 0.1) is 0 Å². The summed E-state index contributed by atoms with van der Waals surface area (Å²) in [5.74, 6) is -2.38. The molecular weight excluding hydrogens is 324 g/mol. The Morgan fingerprint density at radius 1 is 1.17 bits per heavy atom. The number of aromatic nitrogens is 3. The highest BCUT2D eigenvalue weighted by Gasteiger charge is 2.18. The van der Waals surface area contributed by atoms with Gasteiger partial charge < -0.3 is 5.11 Å². The predicted octanol–water partition coefficient (Wildman–Crippen LogP) is 3.39. The highest BCUT2D eigenvalue weighted by Crippen LogP contribution is 2.30. The molecule has 0 aliphatic heterocycles. The Balaban J connectivity index is 2.06. The molecule has 0 fully saturated rings. The minimum Gasteiger partial charge on any atom is -0.476 e. The summed E-state index contributed by atoms with van der Waals surface area (Å²) in [5, 5.41) is 13.4. The first-order valence-electron chi connectivity index (χ1n) is 6.42. The average molecular weight is 333 g/mol. The number of hydrogen-bond donors (Lipinski definition) is 1. The lowest BCUT2D eigenvalue weighted by atomic mass is 10.4. The van der Waals surface area contributed by atoms with Crippen molar-refractivity contribution in [3.8, 4) is 5.69 Å². The van der Waals surface area contributed by atoms with Crippen LogP contribution in [0.3, 0.4) is 0 Å². The molecule has 0 aliphatic carbocycles. The molecule has 1 aromatic carbocycles. The second kappa shape index (κ2) is 6.17. The quantitative estimate of drug-likeness (QED) is 0.741. The summed E-state index contributed by atoms with van der Waals surface area (Å²) in [5.41, 5.74) is -0.192. The molecule has 0 atom stereocenters. The molecule has 3 aromatic rings. The molecule has 5 nitrogen and oxygen atoms in total. The molecule has 0 saturated carbocycles. The summed E-state index contributed by atoms with van der Waals surface area (Å²) in [4.78, 5) is 15.3. The van der Waals surface area contributed by atoms with Crippen molar-refractivity contribution < 1.29 is 18.7 Å². The predicted molar refractivity (Wildman–Crippen MR) is 78.8 cm³/mol. The fraction of sp³-hybridized carbons (Fsp3) is 0. The largest absolute Gasteiger partial charge is 0.476 e. The first-order chi connectivity index (χ1) is 11.0. The van der Waals surface area contributed by atoms with Crippen LogP contribution in [0, 0.1) is 11.8 Å². The molecule has 0 radical (unpaired) electrons. The van der Waals surface area contributed by atoms with Crippen LogP contribution in [-0.2, 0) is 0 Å². The van der Waals surface area contributed by atoms with Gasteiger partial charge in [-0.05, 0) is 36.4 Å². The van der Waals surface area contributed by atoms with Crippen LogP contribution in [0.15, 0.2) is 58.6 Å². The Hall–Kier alpha value is -2.74. The van der Waals surface area contributed by atoms with Crippen molar-refractivity contribution in [1.82, 2.24) is 14.8 Å². The molecule has 0 spiro atoms. The Bertz CT molecular complexity index is 865. The zero-order chi connectivity index (χ0) is 16.4. The normalized spacial score (nSPS) is 10.7. The summed E-state index contributed by atoms with van der Waals surface area (Å²) in [6, 6.07) is 9.93. The van der Waals surface area contributed by atoms with Gasteiger partial charge in [-0.2, -0.15) is 9.49 Å². The van der Waals surface area contributed by atoms with Gasteiger partial charge in [0.2, 0.25) is 5.95 Å². The second-order valence-corrected chi connectivity index (χ2v) is 5.55. The van der Waals surface area contributed by atoms with Gasteiger partial charge in [-0.3, -0.25) is 0 Å². The van der Waals surface area contributed by atoms with Crippen LogP contribution >= 0.6 is 11.8 Å². The molecule has 0 amide bonds. The van der Waals surface area contributed by atoms with Gasteiger partial charge in [0.1, 0.15) is 16.5 Å². The van der Waals surface area contributed by atoms with E-state index in [0.717, 1.165) is 11.8 Å².